The fourth-order valence-electron chi connectivity index (χ4n) is 5.59. The van der Waals surface area contributed by atoms with Crippen LogP contribution in [0.2, 0.25) is 0 Å². The second-order valence-electron chi connectivity index (χ2n) is 8.54. The number of nitrogens with zero attached hydrogens (tertiary/aromatic N) is 2. The molecule has 1 aromatic rings. The van der Waals surface area contributed by atoms with Crippen LogP contribution in [0.5, 0.6) is 0 Å². The number of carbonyl (C=O) groups is 1. The highest BCUT2D eigenvalue weighted by atomic mass is 19.1. The fraction of sp³-hybridized carbons (Fsp3) is 0.650. The quantitative estimate of drug-likeness (QED) is 0.642. The zero-order chi connectivity index (χ0) is 18.5. The van der Waals surface area contributed by atoms with Crippen molar-refractivity contribution in [3.8, 4) is 0 Å². The van der Waals surface area contributed by atoms with Gasteiger partial charge in [-0.25, -0.2) is 9.87 Å². The highest BCUT2D eigenvalue weighted by Gasteiger charge is 2.49. The molecular formula is C20H28FN3O2. The third-order valence-corrected chi connectivity index (χ3v) is 6.74. The standard InChI is InChI=1S/C20H28FN3O2/c1-3-15-8-17-14(6-13(7-18(17)21)19(25)22-26)10-24(15)16-4-5-20(9-16)11-23(2)12-20/h6-7,15-16,26H,3-5,8-12H2,1-2H3,(H,22,25)/t15-,16-/m1/s1. The van der Waals surface area contributed by atoms with Gasteiger partial charge in [0.2, 0.25) is 0 Å². The molecule has 26 heavy (non-hydrogen) atoms. The van der Waals surface area contributed by atoms with Crippen LogP contribution >= 0.6 is 0 Å². The Balaban J connectivity index is 1.58. The van der Waals surface area contributed by atoms with Gasteiger partial charge in [0, 0.05) is 37.3 Å². The van der Waals surface area contributed by atoms with Gasteiger partial charge < -0.3 is 4.90 Å². The molecule has 1 saturated heterocycles. The summed E-state index contributed by atoms with van der Waals surface area (Å²) in [4.78, 5) is 16.7. The lowest BCUT2D eigenvalue weighted by Crippen LogP contribution is -2.54. The summed E-state index contributed by atoms with van der Waals surface area (Å²) < 4.78 is 14.6. The first-order chi connectivity index (χ1) is 12.4. The molecule has 142 valence electrons. The molecule has 1 aliphatic carbocycles. The number of halogens is 1. The summed E-state index contributed by atoms with van der Waals surface area (Å²) in [6.07, 6.45) is 5.41. The van der Waals surface area contributed by atoms with E-state index in [0.717, 1.165) is 17.5 Å². The van der Waals surface area contributed by atoms with E-state index >= 15 is 0 Å². The van der Waals surface area contributed by atoms with Gasteiger partial charge in [-0.1, -0.05) is 6.92 Å². The van der Waals surface area contributed by atoms with Crippen LogP contribution in [-0.2, 0) is 13.0 Å². The summed E-state index contributed by atoms with van der Waals surface area (Å²) in [5.74, 6) is -0.990. The largest absolute Gasteiger partial charge is 0.305 e. The van der Waals surface area contributed by atoms with Crippen LogP contribution in [0.3, 0.4) is 0 Å². The molecule has 1 saturated carbocycles. The summed E-state index contributed by atoms with van der Waals surface area (Å²) >= 11 is 0. The van der Waals surface area contributed by atoms with E-state index < -0.39 is 5.91 Å². The summed E-state index contributed by atoms with van der Waals surface area (Å²) in [6.45, 7) is 5.25. The maximum atomic E-state index is 14.6. The van der Waals surface area contributed by atoms with Gasteiger partial charge in [0.25, 0.3) is 5.91 Å². The normalized spacial score (nSPS) is 28.0. The predicted octanol–water partition coefficient (Wildman–Crippen LogP) is 2.57. The van der Waals surface area contributed by atoms with E-state index in [1.807, 2.05) is 0 Å². The van der Waals surface area contributed by atoms with Crippen molar-refractivity contribution in [1.82, 2.24) is 15.3 Å². The predicted molar refractivity (Wildman–Crippen MR) is 96.5 cm³/mol. The smallest absolute Gasteiger partial charge is 0.274 e. The molecule has 1 spiro atoms. The maximum absolute atomic E-state index is 14.6. The molecule has 0 radical (unpaired) electrons. The minimum atomic E-state index is -0.659. The lowest BCUT2D eigenvalue weighted by Gasteiger charge is -2.48. The fourth-order valence-corrected chi connectivity index (χ4v) is 5.59. The Hall–Kier alpha value is -1.50. The Bertz CT molecular complexity index is 717. The highest BCUT2D eigenvalue weighted by Crippen LogP contribution is 2.48. The van der Waals surface area contributed by atoms with Crippen molar-refractivity contribution < 1.29 is 14.4 Å². The van der Waals surface area contributed by atoms with Crippen molar-refractivity contribution in [2.24, 2.45) is 5.41 Å². The number of fused-ring (bicyclic) bond motifs is 1. The Labute approximate surface area is 154 Å². The lowest BCUT2D eigenvalue weighted by atomic mass is 9.78. The Morgan fingerprint density at radius 2 is 2.19 bits per heavy atom. The molecule has 2 heterocycles. The van der Waals surface area contributed by atoms with Gasteiger partial charge in [-0.05, 0) is 67.8 Å². The lowest BCUT2D eigenvalue weighted by molar-refractivity contribution is 0.0146. The van der Waals surface area contributed by atoms with E-state index in [0.29, 0.717) is 30.5 Å². The molecule has 1 amide bonds. The van der Waals surface area contributed by atoms with Gasteiger partial charge >= 0.3 is 0 Å². The van der Waals surface area contributed by atoms with E-state index in [1.165, 1.54) is 38.4 Å². The number of rotatable bonds is 3. The van der Waals surface area contributed by atoms with Crippen molar-refractivity contribution in [3.63, 3.8) is 0 Å². The molecule has 2 N–H and O–H groups in total. The first kappa shape index (κ1) is 17.9. The van der Waals surface area contributed by atoms with Crippen molar-refractivity contribution in [3.05, 3.63) is 34.6 Å². The maximum Gasteiger partial charge on any atom is 0.274 e. The van der Waals surface area contributed by atoms with Crippen LogP contribution in [0.4, 0.5) is 4.39 Å². The molecule has 3 aliphatic rings. The minimum Gasteiger partial charge on any atom is -0.305 e. The summed E-state index contributed by atoms with van der Waals surface area (Å²) in [5, 5.41) is 8.86. The summed E-state index contributed by atoms with van der Waals surface area (Å²) in [6, 6.07) is 3.87. The van der Waals surface area contributed by atoms with E-state index in [4.69, 9.17) is 5.21 Å². The van der Waals surface area contributed by atoms with Gasteiger partial charge in [-0.3, -0.25) is 14.9 Å². The number of amides is 1. The molecule has 2 atom stereocenters. The third-order valence-electron chi connectivity index (χ3n) is 6.74. The SMILES string of the molecule is CC[C@@H]1Cc2c(F)cc(C(=O)NO)cc2CN1[C@@H]1CCC2(C1)CN(C)C2. The van der Waals surface area contributed by atoms with Crippen LogP contribution < -0.4 is 5.48 Å². The zero-order valence-corrected chi connectivity index (χ0v) is 15.6. The average Bonchev–Trinajstić information content (AvgIpc) is 3.04. The first-order valence-electron chi connectivity index (χ1n) is 9.65. The van der Waals surface area contributed by atoms with Crippen LogP contribution in [0.1, 0.15) is 54.1 Å². The Kier molecular flexibility index (Phi) is 4.53. The molecule has 0 aromatic heterocycles. The van der Waals surface area contributed by atoms with Crippen molar-refractivity contribution in [2.45, 2.75) is 57.7 Å². The zero-order valence-electron chi connectivity index (χ0n) is 15.6. The summed E-state index contributed by atoms with van der Waals surface area (Å²) in [5.41, 5.74) is 3.90. The Morgan fingerprint density at radius 3 is 2.85 bits per heavy atom. The van der Waals surface area contributed by atoms with Gasteiger partial charge in [-0.2, -0.15) is 0 Å². The summed E-state index contributed by atoms with van der Waals surface area (Å²) in [7, 11) is 2.18. The van der Waals surface area contributed by atoms with Gasteiger partial charge in [0.1, 0.15) is 5.82 Å². The highest BCUT2D eigenvalue weighted by molar-refractivity contribution is 5.93. The van der Waals surface area contributed by atoms with Gasteiger partial charge in [-0.15, -0.1) is 0 Å². The topological polar surface area (TPSA) is 55.8 Å². The number of hydroxylamine groups is 1. The van der Waals surface area contributed by atoms with Crippen LogP contribution in [-0.4, -0.2) is 53.1 Å². The van der Waals surface area contributed by atoms with Crippen LogP contribution in [0.15, 0.2) is 12.1 Å². The number of nitrogens with one attached hydrogen (secondary N) is 1. The molecule has 0 bridgehead atoms. The number of carbonyl (C=O) groups excluding carboxylic acids is 1. The molecular weight excluding hydrogens is 333 g/mol. The van der Waals surface area contributed by atoms with Crippen molar-refractivity contribution in [2.75, 3.05) is 20.1 Å². The second kappa shape index (κ2) is 6.59. The third kappa shape index (κ3) is 2.94. The Morgan fingerprint density at radius 1 is 1.42 bits per heavy atom. The molecule has 2 fully saturated rings. The number of hydrogen-bond donors (Lipinski definition) is 2. The molecule has 0 unspecified atom stereocenters. The van der Waals surface area contributed by atoms with Gasteiger partial charge in [0.15, 0.2) is 0 Å². The average molecular weight is 361 g/mol. The monoisotopic (exact) mass is 361 g/mol. The van der Waals surface area contributed by atoms with E-state index in [1.54, 1.807) is 11.5 Å². The van der Waals surface area contributed by atoms with E-state index in [9.17, 15) is 9.18 Å². The number of likely N-dealkylation sites (tertiary alicyclic amines) is 1. The van der Waals surface area contributed by atoms with Crippen LogP contribution in [0, 0.1) is 11.2 Å². The number of hydrogen-bond acceptors (Lipinski definition) is 4. The molecule has 6 heteroatoms. The molecule has 1 aromatic carbocycles. The van der Waals surface area contributed by atoms with E-state index in [-0.39, 0.29) is 11.4 Å². The second-order valence-corrected chi connectivity index (χ2v) is 8.54. The van der Waals surface area contributed by atoms with Crippen LogP contribution in [0.25, 0.3) is 0 Å². The van der Waals surface area contributed by atoms with Crippen molar-refractivity contribution in [1.29, 1.82) is 0 Å². The van der Waals surface area contributed by atoms with E-state index in [2.05, 4.69) is 23.8 Å². The molecule has 4 rings (SSSR count). The number of benzene rings is 1. The minimum absolute atomic E-state index is 0.183. The van der Waals surface area contributed by atoms with Crippen molar-refractivity contribution >= 4 is 5.91 Å². The van der Waals surface area contributed by atoms with Gasteiger partial charge in [0.05, 0.1) is 0 Å². The molecule has 2 aliphatic heterocycles. The first-order valence-corrected chi connectivity index (χ1v) is 9.65. The molecule has 5 nitrogen and oxygen atoms in total.